The first-order valence-electron chi connectivity index (χ1n) is 18.1. The van der Waals surface area contributed by atoms with Crippen LogP contribution in [0, 0.1) is 32.9 Å². The van der Waals surface area contributed by atoms with Crippen molar-refractivity contribution >= 4 is 23.1 Å². The van der Waals surface area contributed by atoms with Crippen molar-refractivity contribution in [3.8, 4) is 56.6 Å². The van der Waals surface area contributed by atoms with Gasteiger partial charge < -0.3 is 19.4 Å². The average Bonchev–Trinajstić information content (AvgIpc) is 3.19. The summed E-state index contributed by atoms with van der Waals surface area (Å²) in [5.41, 5.74) is 16.3. The number of pyridine rings is 2. The molecule has 0 fully saturated rings. The van der Waals surface area contributed by atoms with Crippen LogP contribution in [0.2, 0.25) is 0 Å². The van der Waals surface area contributed by atoms with E-state index in [1.165, 1.54) is 57.2 Å². The van der Waals surface area contributed by atoms with Gasteiger partial charge in [0, 0.05) is 43.7 Å². The normalized spacial score (nSPS) is 13.0. The zero-order valence-corrected chi connectivity index (χ0v) is 32.4. The molecule has 0 unspecified atom stereocenters. The number of ether oxygens (including phenoxy) is 2. The van der Waals surface area contributed by atoms with Gasteiger partial charge in [-0.1, -0.05) is 95.9 Å². The molecule has 53 heavy (non-hydrogen) atoms. The van der Waals surface area contributed by atoms with Crippen LogP contribution in [-0.4, -0.2) is 16.7 Å². The van der Waals surface area contributed by atoms with E-state index in [9.17, 15) is 0 Å². The number of hydrogen-bond acceptors (Lipinski definition) is 4. The van der Waals surface area contributed by atoms with Crippen LogP contribution in [-0.2, 0) is 32.9 Å². The van der Waals surface area contributed by atoms with Crippen LogP contribution in [0.3, 0.4) is 0 Å². The second-order valence-corrected chi connectivity index (χ2v) is 14.0. The number of fused-ring (bicyclic) bond motifs is 5. The predicted octanol–water partition coefficient (Wildman–Crippen LogP) is 9.29. The molecule has 0 spiro atoms. The number of aryl methyl sites for hydroxylation is 5. The van der Waals surface area contributed by atoms with E-state index in [4.69, 9.17) is 14.5 Å². The number of aromatic nitrogens is 2. The van der Waals surface area contributed by atoms with Gasteiger partial charge in [-0.3, -0.25) is 0 Å². The van der Waals surface area contributed by atoms with E-state index in [1.807, 2.05) is 48.7 Å². The molecule has 7 aromatic rings. The van der Waals surface area contributed by atoms with E-state index in [0.717, 1.165) is 69.3 Å². The minimum absolute atomic E-state index is 0. The molecule has 0 amide bonds. The van der Waals surface area contributed by atoms with E-state index in [1.54, 1.807) is 0 Å². The van der Waals surface area contributed by atoms with Gasteiger partial charge >= 0.3 is 0 Å². The van der Waals surface area contributed by atoms with Gasteiger partial charge in [0.1, 0.15) is 17.2 Å². The Morgan fingerprint density at radius 1 is 0.623 bits per heavy atom. The predicted molar refractivity (Wildman–Crippen MR) is 211 cm³/mol. The van der Waals surface area contributed by atoms with Crippen LogP contribution < -0.4 is 25.9 Å². The van der Waals surface area contributed by atoms with Crippen LogP contribution in [0.5, 0.6) is 23.0 Å². The molecule has 1 radical (unpaired) electrons. The average molecular weight is 865 g/mol. The molecule has 261 valence electrons. The second-order valence-electron chi connectivity index (χ2n) is 14.0. The summed E-state index contributed by atoms with van der Waals surface area (Å²) in [7, 11) is 0. The van der Waals surface area contributed by atoms with Crippen LogP contribution >= 0.6 is 0 Å². The van der Waals surface area contributed by atoms with Crippen molar-refractivity contribution in [3.63, 3.8) is 0 Å². The number of benzene rings is 5. The molecular formula is C47H37BIrN2O2-2. The first-order valence-corrected chi connectivity index (χ1v) is 18.1. The summed E-state index contributed by atoms with van der Waals surface area (Å²) in [6, 6.07) is 44.3. The summed E-state index contributed by atoms with van der Waals surface area (Å²) >= 11 is 0. The van der Waals surface area contributed by atoms with Crippen molar-refractivity contribution in [2.45, 2.75) is 46.5 Å². The Morgan fingerprint density at radius 3 is 2.19 bits per heavy atom. The third-order valence-corrected chi connectivity index (χ3v) is 10.6. The Hall–Kier alpha value is -5.29. The van der Waals surface area contributed by atoms with E-state index in [-0.39, 0.29) is 26.8 Å². The summed E-state index contributed by atoms with van der Waals surface area (Å²) in [6.45, 7) is 6.40. The van der Waals surface area contributed by atoms with Crippen molar-refractivity contribution in [2.24, 2.45) is 0 Å². The second kappa shape index (κ2) is 14.6. The molecular weight excluding hydrogens is 828 g/mol. The molecule has 0 saturated heterocycles. The molecule has 0 atom stereocenters. The number of hydrogen-bond donors (Lipinski definition) is 0. The van der Waals surface area contributed by atoms with Gasteiger partial charge in [-0.2, -0.15) is 0 Å². The molecule has 5 aromatic carbocycles. The molecule has 0 saturated carbocycles. The molecule has 4 nitrogen and oxygen atoms in total. The van der Waals surface area contributed by atoms with Gasteiger partial charge in [0.25, 0.3) is 0 Å². The molecule has 0 bridgehead atoms. The van der Waals surface area contributed by atoms with Crippen molar-refractivity contribution in [1.29, 1.82) is 0 Å². The van der Waals surface area contributed by atoms with Gasteiger partial charge in [0.05, 0.1) is 0 Å². The van der Waals surface area contributed by atoms with Crippen LogP contribution in [0.1, 0.15) is 40.7 Å². The van der Waals surface area contributed by atoms with Crippen molar-refractivity contribution in [1.82, 2.24) is 9.97 Å². The largest absolute Gasteiger partial charge is 0.503 e. The van der Waals surface area contributed by atoms with E-state index < -0.39 is 0 Å². The Balaban J connectivity index is 0.000000160. The minimum Gasteiger partial charge on any atom is -0.503 e. The Labute approximate surface area is 325 Å². The molecule has 6 heteroatoms. The topological polar surface area (TPSA) is 44.2 Å². The zero-order chi connectivity index (χ0) is 35.2. The van der Waals surface area contributed by atoms with Crippen molar-refractivity contribution in [3.05, 3.63) is 162 Å². The maximum absolute atomic E-state index is 6.52. The Morgan fingerprint density at radius 2 is 1.36 bits per heavy atom. The summed E-state index contributed by atoms with van der Waals surface area (Å²) < 4.78 is 12.7. The summed E-state index contributed by atoms with van der Waals surface area (Å²) in [5.74, 6) is 3.49. The standard InChI is InChI=1S/C27H19BNO2.C20H18N.Ir/c1-2-8-18-16-29-22(15-17(18)7-1)19-9-5-11-21-27(19)31-25-14-6-13-24-26(25)28(21)20-10-3-4-12-23(20)30-24;1-14-9-10-18(20-11-15(2)16(3)13-21-20)12-19(14)17-7-5-4-6-8-17;/h3-6,10-16H,1-2,7-8H2;4-9,11-13H,1-3H3;/q2*-1;. The molecule has 0 N–H and O–H groups in total. The Bertz CT molecular complexity index is 2480. The van der Waals surface area contributed by atoms with Gasteiger partial charge in [-0.15, -0.1) is 53.0 Å². The minimum atomic E-state index is 0. The molecule has 2 aromatic heterocycles. The summed E-state index contributed by atoms with van der Waals surface area (Å²) in [4.78, 5) is 9.36. The monoisotopic (exact) mass is 865 g/mol. The summed E-state index contributed by atoms with van der Waals surface area (Å²) in [6.07, 6.45) is 8.74. The van der Waals surface area contributed by atoms with Gasteiger partial charge in [0.2, 0.25) is 6.71 Å². The van der Waals surface area contributed by atoms with Gasteiger partial charge in [-0.25, -0.2) is 0 Å². The maximum Gasteiger partial charge on any atom is 0.241 e. The first-order chi connectivity index (χ1) is 25.5. The summed E-state index contributed by atoms with van der Waals surface area (Å²) in [5, 5.41) is 0. The third-order valence-electron chi connectivity index (χ3n) is 10.6. The molecule has 2 aliphatic heterocycles. The van der Waals surface area contributed by atoms with Gasteiger partial charge in [-0.05, 0) is 91.3 Å². The fraction of sp³-hybridized carbons (Fsp3) is 0.149. The third kappa shape index (κ3) is 6.52. The fourth-order valence-electron chi connectivity index (χ4n) is 7.70. The number of rotatable bonds is 3. The van der Waals surface area contributed by atoms with E-state index >= 15 is 0 Å². The molecule has 4 heterocycles. The van der Waals surface area contributed by atoms with Crippen LogP contribution in [0.4, 0.5) is 0 Å². The zero-order valence-electron chi connectivity index (χ0n) is 30.0. The molecule has 3 aliphatic rings. The smallest absolute Gasteiger partial charge is 0.241 e. The SMILES string of the molecule is Cc1cnc(-c2[c-]cc(C)c(-c3ccccc3)c2)cc1C.[Ir].[c-]1ccc2c(c1-c1cc3c(cn1)CCCC3)Oc1cccc3c1B2c1ccccc1O3. The Kier molecular flexibility index (Phi) is 9.59. The van der Waals surface area contributed by atoms with E-state index in [0.29, 0.717) is 0 Å². The molecule has 10 rings (SSSR count). The van der Waals surface area contributed by atoms with E-state index in [2.05, 4.69) is 111 Å². The molecule has 1 aliphatic carbocycles. The van der Waals surface area contributed by atoms with Crippen LogP contribution in [0.25, 0.3) is 33.6 Å². The maximum atomic E-state index is 6.52. The number of nitrogens with zero attached hydrogens (tertiary/aromatic N) is 2. The van der Waals surface area contributed by atoms with Crippen molar-refractivity contribution in [2.75, 3.05) is 0 Å². The first kappa shape index (κ1) is 34.8. The fourth-order valence-corrected chi connectivity index (χ4v) is 7.70. The van der Waals surface area contributed by atoms with Gasteiger partial charge in [0.15, 0.2) is 0 Å². The van der Waals surface area contributed by atoms with Crippen LogP contribution in [0.15, 0.2) is 122 Å². The quantitative estimate of drug-likeness (QED) is 0.131. The number of para-hydroxylation sites is 1. The van der Waals surface area contributed by atoms with Crippen molar-refractivity contribution < 1.29 is 29.6 Å².